The molecule has 0 saturated carbocycles. The molecule has 0 aliphatic rings. The number of fused-ring (bicyclic) bond motifs is 2. The molecule has 0 radical (unpaired) electrons. The third-order valence-electron chi connectivity index (χ3n) is 19.1. The van der Waals surface area contributed by atoms with Crippen LogP contribution in [0.25, 0.3) is 67.1 Å². The first-order valence-corrected chi connectivity index (χ1v) is 38.4. The number of tetrazole rings is 2. The Morgan fingerprint density at radius 3 is 1.32 bits per heavy atom. The molecule has 2 N–H and O–H groups in total. The highest BCUT2D eigenvalue weighted by Crippen LogP contribution is 2.34. The number of unbranched alkanes of at least 4 members (excludes halogenated alkanes) is 5. The van der Waals surface area contributed by atoms with Gasteiger partial charge in [-0.25, -0.2) is 9.97 Å². The Morgan fingerprint density at radius 2 is 0.872 bits per heavy atom. The van der Waals surface area contributed by atoms with Crippen LogP contribution < -0.4 is 0 Å². The van der Waals surface area contributed by atoms with E-state index in [-0.39, 0.29) is 90.2 Å². The molecule has 4 heterocycles. The van der Waals surface area contributed by atoms with Crippen molar-refractivity contribution in [2.24, 2.45) is 11.8 Å². The van der Waals surface area contributed by atoms with Crippen molar-refractivity contribution in [3.8, 4) is 45.0 Å². The van der Waals surface area contributed by atoms with Crippen LogP contribution in [0, 0.1) is 52.3 Å². The zero-order chi connectivity index (χ0) is 82.8. The van der Waals surface area contributed by atoms with E-state index in [0.29, 0.717) is 77.2 Å². The number of benzene rings is 7. The maximum Gasteiger partial charge on any atom is 0.309 e. The minimum absolute atomic E-state index is 0.0236. The Morgan fingerprint density at radius 1 is 0.436 bits per heavy atom. The summed E-state index contributed by atoms with van der Waals surface area (Å²) >= 11 is 0. The van der Waals surface area contributed by atoms with Crippen molar-refractivity contribution in [2.45, 2.75) is 142 Å². The first-order chi connectivity index (χ1) is 56.8. The molecule has 3 atom stereocenters. The number of nitrogens with one attached hydrogen (secondary N) is 2. The third-order valence-corrected chi connectivity index (χ3v) is 19.1. The van der Waals surface area contributed by atoms with Crippen molar-refractivity contribution in [1.29, 1.82) is 0 Å². The van der Waals surface area contributed by atoms with E-state index in [1.165, 1.54) is 0 Å². The minimum atomic E-state index is -1.21. The van der Waals surface area contributed by atoms with Crippen molar-refractivity contribution in [3.63, 3.8) is 0 Å². The second-order valence-corrected chi connectivity index (χ2v) is 27.3. The Balaban J connectivity index is 0.000000247. The van der Waals surface area contributed by atoms with Gasteiger partial charge in [-0.05, 0) is 138 Å². The van der Waals surface area contributed by atoms with Crippen LogP contribution >= 0.6 is 0 Å². The highest BCUT2D eigenvalue weighted by Gasteiger charge is 2.31. The van der Waals surface area contributed by atoms with Gasteiger partial charge >= 0.3 is 17.9 Å². The van der Waals surface area contributed by atoms with Gasteiger partial charge < -0.3 is 42.7 Å². The standard InChI is InChI=1S/C42H44N8O9.C39H44N8O11/c1-2-3-19-39-43-37-18-11-17-36(40(37)48(39)27-30-20-22-31(23-21-30)34-15-7-8-16-35(34)41-44-46-47-45-41)38(51)26-32(25-29-12-5-4-6-13-29)42(52)57-24-10-9-14-33(59-50(55)56)28-58-49(53)54;1-2-3-15-35-40-33-14-10-13-32(37(33)45(35)26-27-16-18-28(19-17-27)30-11-4-5-12-31(30)38-41-43-44-42-38)34(48)24-29(39(50)56-21-7-9-23-58-47(53)54)25-36(49)55-20-6-8-22-57-46(51)52/h4-8,11-13,15-18,20-23,32-33H,2-3,9-10,14,19,24-28H2,1H3,(H,44,45,46,47);4-5,10-14,16-19,29H,2-3,6-9,15,20-26H2,1H3,(H,41,42,43,44). The fraction of sp³-hybridized carbons (Fsp3) is 0.370. The number of carbonyl (C=O) groups excluding carboxylic acids is 5. The smallest absolute Gasteiger partial charge is 0.309 e. The van der Waals surface area contributed by atoms with E-state index in [9.17, 15) is 64.4 Å². The topological polar surface area (TPSA) is 467 Å². The molecular weight excluding hydrogens is 1520 g/mol. The molecule has 0 bridgehead atoms. The van der Waals surface area contributed by atoms with E-state index in [2.05, 4.69) is 103 Å². The Labute approximate surface area is 669 Å². The van der Waals surface area contributed by atoms with Crippen molar-refractivity contribution in [2.75, 3.05) is 39.6 Å². The van der Waals surface area contributed by atoms with Crippen molar-refractivity contribution in [3.05, 3.63) is 244 Å². The highest BCUT2D eigenvalue weighted by molar-refractivity contribution is 6.08. The number of nitrogens with zero attached hydrogens (tertiary/aromatic N) is 14. The fourth-order valence-electron chi connectivity index (χ4n) is 13.3. The molecule has 36 heteroatoms. The van der Waals surface area contributed by atoms with E-state index in [4.69, 9.17) is 24.2 Å². The molecule has 0 saturated heterocycles. The van der Waals surface area contributed by atoms with E-state index >= 15 is 0 Å². The van der Waals surface area contributed by atoms with Crippen LogP contribution in [0.4, 0.5) is 0 Å². The molecular formula is C81H88N16O20. The zero-order valence-corrected chi connectivity index (χ0v) is 64.4. The summed E-state index contributed by atoms with van der Waals surface area (Å²) < 4.78 is 20.5. The van der Waals surface area contributed by atoms with Crippen LogP contribution in [-0.4, -0.2) is 156 Å². The van der Waals surface area contributed by atoms with E-state index in [1.54, 1.807) is 18.2 Å². The van der Waals surface area contributed by atoms with Gasteiger partial charge in [0.15, 0.2) is 11.6 Å². The summed E-state index contributed by atoms with van der Waals surface area (Å²) in [7, 11) is 0. The van der Waals surface area contributed by atoms with E-state index < -0.39 is 75.0 Å². The monoisotopic (exact) mass is 1600 g/mol. The molecule has 117 heavy (non-hydrogen) atoms. The summed E-state index contributed by atoms with van der Waals surface area (Å²) in [6.07, 6.45) is 4.94. The van der Waals surface area contributed by atoms with Gasteiger partial charge in [-0.2, -0.15) is 10.4 Å². The zero-order valence-electron chi connectivity index (χ0n) is 64.4. The quantitative estimate of drug-likeness (QED) is 0.00893. The summed E-state index contributed by atoms with van der Waals surface area (Å²) in [5.74, 6) is -2.11. The van der Waals surface area contributed by atoms with Crippen LogP contribution in [0.1, 0.15) is 153 Å². The van der Waals surface area contributed by atoms with Gasteiger partial charge in [0.1, 0.15) is 24.4 Å². The second-order valence-electron chi connectivity index (χ2n) is 27.3. The maximum atomic E-state index is 14.4. The van der Waals surface area contributed by atoms with Crippen LogP contribution in [0.3, 0.4) is 0 Å². The first kappa shape index (κ1) is 85.6. The lowest BCUT2D eigenvalue weighted by Gasteiger charge is -2.17. The molecule has 0 aliphatic carbocycles. The molecule has 0 aliphatic heterocycles. The number of carbonyl (C=O) groups is 5. The van der Waals surface area contributed by atoms with E-state index in [0.717, 1.165) is 93.8 Å². The number of aromatic amines is 2. The largest absolute Gasteiger partial charge is 0.466 e. The van der Waals surface area contributed by atoms with Crippen LogP contribution in [0.15, 0.2) is 164 Å². The number of Topliss-reactive ketones (excluding diaryl/α,β-unsaturated/α-hetero) is 2. The summed E-state index contributed by atoms with van der Waals surface area (Å²) in [5, 5.41) is 67.3. The van der Waals surface area contributed by atoms with Crippen LogP contribution in [0.5, 0.6) is 0 Å². The van der Waals surface area contributed by atoms with Crippen LogP contribution in [0.2, 0.25) is 0 Å². The number of ketones is 2. The highest BCUT2D eigenvalue weighted by atomic mass is 17.0. The number of para-hydroxylation sites is 2. The predicted molar refractivity (Wildman–Crippen MR) is 421 cm³/mol. The normalized spacial score (nSPS) is 11.8. The molecule has 0 amide bonds. The molecule has 3 unspecified atom stereocenters. The van der Waals surface area contributed by atoms with Gasteiger partial charge in [0.25, 0.3) is 20.3 Å². The van der Waals surface area contributed by atoms with Gasteiger partial charge in [0.05, 0.1) is 73.4 Å². The number of esters is 3. The summed E-state index contributed by atoms with van der Waals surface area (Å²) in [4.78, 5) is 138. The fourth-order valence-corrected chi connectivity index (χ4v) is 13.3. The third kappa shape index (κ3) is 25.3. The van der Waals surface area contributed by atoms with Gasteiger partial charge in [0, 0.05) is 61.0 Å². The number of H-pyrrole nitrogens is 2. The lowest BCUT2D eigenvalue weighted by molar-refractivity contribution is -0.790. The average Bonchev–Trinajstić information content (AvgIpc) is 1.63. The van der Waals surface area contributed by atoms with Crippen LogP contribution in [-0.2, 0) is 80.3 Å². The molecule has 0 fully saturated rings. The summed E-state index contributed by atoms with van der Waals surface area (Å²) in [5.41, 5.74) is 11.7. The van der Waals surface area contributed by atoms with Crippen molar-refractivity contribution >= 4 is 51.5 Å². The summed E-state index contributed by atoms with van der Waals surface area (Å²) in [6.45, 7) is 3.92. The molecule has 11 aromatic rings. The number of ether oxygens (including phenoxy) is 3. The predicted octanol–water partition coefficient (Wildman–Crippen LogP) is 13.1. The summed E-state index contributed by atoms with van der Waals surface area (Å²) in [6, 6.07) is 52.0. The number of aromatic nitrogens is 12. The van der Waals surface area contributed by atoms with Gasteiger partial charge in [-0.15, -0.1) is 60.9 Å². The average molecular weight is 1610 g/mol. The Bertz CT molecular complexity index is 5120. The molecule has 612 valence electrons. The SMILES string of the molecule is CCCCc1nc2cccc(C(=O)CC(CC(=O)OCCCCO[N+](=O)[O-])C(=O)OCCCCO[N+](=O)[O-])c2n1Cc1ccc(-c2ccccc2-c2nn[nH]n2)cc1.CCCCc1nc2cccc(C(=O)CC(Cc3ccccc3)C(=O)OCCCCC(CO[N+](=O)[O-])O[N+](=O)[O-])c2n1Cc1ccc(-c2ccccc2-c2nn[nH]n2)cc1. The van der Waals surface area contributed by atoms with Gasteiger partial charge in [0.2, 0.25) is 11.6 Å². The number of hydrogen-bond donors (Lipinski definition) is 2. The molecule has 0 spiro atoms. The molecule has 4 aromatic heterocycles. The number of hydrogen-bond acceptors (Lipinski definition) is 28. The number of imidazole rings is 2. The lowest BCUT2D eigenvalue weighted by atomic mass is 9.91. The maximum absolute atomic E-state index is 14.4. The lowest BCUT2D eigenvalue weighted by Crippen LogP contribution is -2.25. The molecule has 11 rings (SSSR count). The molecule has 36 nitrogen and oxygen atoms in total. The Kier molecular flexibility index (Phi) is 32.2. The van der Waals surface area contributed by atoms with Crippen molar-refractivity contribution in [1.82, 2.24) is 60.4 Å². The minimum Gasteiger partial charge on any atom is -0.466 e. The number of aryl methyl sites for hydroxylation is 2. The molecule has 7 aromatic carbocycles. The van der Waals surface area contributed by atoms with Gasteiger partial charge in [-0.3, -0.25) is 24.0 Å². The van der Waals surface area contributed by atoms with Crippen molar-refractivity contribution < 1.29 is 77.9 Å². The van der Waals surface area contributed by atoms with Gasteiger partial charge in [-0.1, -0.05) is 166 Å². The number of rotatable bonds is 48. The first-order valence-electron chi connectivity index (χ1n) is 38.4. The Hall–Kier alpha value is -13.8. The van der Waals surface area contributed by atoms with E-state index in [1.807, 2.05) is 126 Å². The second kappa shape index (κ2) is 44.0.